The average Bonchev–Trinajstić information content (AvgIpc) is 2.54. The van der Waals surface area contributed by atoms with Gasteiger partial charge in [0.05, 0.1) is 0 Å². The maximum Gasteiger partial charge on any atom is 0.166 e. The molecule has 1 aromatic rings. The maximum absolute atomic E-state index is 14.0. The van der Waals surface area contributed by atoms with Gasteiger partial charge in [-0.25, -0.2) is 9.37 Å². The van der Waals surface area contributed by atoms with Crippen molar-refractivity contribution in [2.24, 2.45) is 11.3 Å². The number of rotatable bonds is 1. The number of halogens is 2. The number of nitrogens with zero attached hydrogens (tertiary/aromatic N) is 2. The van der Waals surface area contributed by atoms with E-state index in [9.17, 15) is 4.39 Å². The van der Waals surface area contributed by atoms with Crippen molar-refractivity contribution in [3.8, 4) is 0 Å². The van der Waals surface area contributed by atoms with Crippen LogP contribution in [-0.2, 0) is 0 Å². The highest BCUT2D eigenvalue weighted by atomic mass is 79.9. The lowest BCUT2D eigenvalue weighted by Gasteiger charge is -2.30. The Balaban J connectivity index is 2.11. The van der Waals surface area contributed by atoms with Crippen molar-refractivity contribution < 1.29 is 4.39 Å². The molecule has 1 atom stereocenters. The molecule has 106 valence electrons. The molecule has 0 saturated carbocycles. The van der Waals surface area contributed by atoms with Crippen LogP contribution in [0.4, 0.5) is 10.2 Å². The summed E-state index contributed by atoms with van der Waals surface area (Å²) >= 11 is 3.25. The van der Waals surface area contributed by atoms with Gasteiger partial charge in [0.1, 0.15) is 0 Å². The first-order valence-electron chi connectivity index (χ1n) is 6.94. The minimum Gasteiger partial charge on any atom is -0.354 e. The highest BCUT2D eigenvalue weighted by molar-refractivity contribution is 9.10. The van der Waals surface area contributed by atoms with Gasteiger partial charge in [-0.15, -0.1) is 0 Å². The molecule has 1 unspecified atom stereocenters. The van der Waals surface area contributed by atoms with E-state index in [0.717, 1.165) is 25.9 Å². The van der Waals surface area contributed by atoms with Gasteiger partial charge in [-0.1, -0.05) is 20.8 Å². The fourth-order valence-electron chi connectivity index (χ4n) is 2.81. The highest BCUT2D eigenvalue weighted by Crippen LogP contribution is 2.35. The largest absolute Gasteiger partial charge is 0.354 e. The van der Waals surface area contributed by atoms with Gasteiger partial charge in [0.2, 0.25) is 0 Å². The van der Waals surface area contributed by atoms with Crippen molar-refractivity contribution >= 4 is 21.7 Å². The summed E-state index contributed by atoms with van der Waals surface area (Å²) in [5, 5.41) is 0. The number of anilines is 1. The van der Waals surface area contributed by atoms with Crippen molar-refractivity contribution in [1.29, 1.82) is 0 Å². The quantitative estimate of drug-likeness (QED) is 0.746. The van der Waals surface area contributed by atoms with Gasteiger partial charge in [-0.2, -0.15) is 0 Å². The molecule has 0 spiro atoms. The second-order valence-corrected chi connectivity index (χ2v) is 7.36. The molecule has 2 nitrogen and oxygen atoms in total. The third kappa shape index (κ3) is 3.68. The van der Waals surface area contributed by atoms with Gasteiger partial charge in [0, 0.05) is 23.8 Å². The summed E-state index contributed by atoms with van der Waals surface area (Å²) in [5.74, 6) is 0.970. The lowest BCUT2D eigenvalue weighted by molar-refractivity contribution is 0.220. The molecule has 19 heavy (non-hydrogen) atoms. The van der Waals surface area contributed by atoms with Crippen LogP contribution in [0.1, 0.15) is 40.0 Å². The molecule has 1 fully saturated rings. The highest BCUT2D eigenvalue weighted by Gasteiger charge is 2.28. The molecule has 0 radical (unpaired) electrons. The van der Waals surface area contributed by atoms with Crippen LogP contribution in [0.2, 0.25) is 0 Å². The number of aromatic nitrogens is 1. The van der Waals surface area contributed by atoms with Crippen molar-refractivity contribution in [1.82, 2.24) is 4.98 Å². The van der Waals surface area contributed by atoms with E-state index in [1.54, 1.807) is 6.20 Å². The Morgan fingerprint density at radius 2 is 2.05 bits per heavy atom. The van der Waals surface area contributed by atoms with Gasteiger partial charge < -0.3 is 4.90 Å². The Bertz CT molecular complexity index is 442. The maximum atomic E-state index is 14.0. The molecule has 0 aromatic carbocycles. The van der Waals surface area contributed by atoms with Crippen molar-refractivity contribution in [3.63, 3.8) is 0 Å². The Hall–Kier alpha value is -0.640. The first-order chi connectivity index (χ1) is 8.88. The van der Waals surface area contributed by atoms with Crippen LogP contribution in [0, 0.1) is 17.2 Å². The van der Waals surface area contributed by atoms with Gasteiger partial charge in [-0.05, 0) is 52.6 Å². The first kappa shape index (κ1) is 14.8. The second kappa shape index (κ2) is 5.78. The summed E-state index contributed by atoms with van der Waals surface area (Å²) in [5.41, 5.74) is 0.335. The predicted octanol–water partition coefficient (Wildman–Crippen LogP) is 4.64. The third-order valence-corrected chi connectivity index (χ3v) is 4.47. The summed E-state index contributed by atoms with van der Waals surface area (Å²) in [7, 11) is 0. The predicted molar refractivity (Wildman–Crippen MR) is 80.9 cm³/mol. The van der Waals surface area contributed by atoms with E-state index in [2.05, 4.69) is 46.6 Å². The van der Waals surface area contributed by atoms with E-state index in [1.807, 2.05) is 0 Å². The molecule has 2 rings (SSSR count). The summed E-state index contributed by atoms with van der Waals surface area (Å²) in [6.45, 7) is 8.69. The molecule has 1 aliphatic rings. The van der Waals surface area contributed by atoms with Crippen molar-refractivity contribution in [3.05, 3.63) is 22.6 Å². The normalized spacial score (nSPS) is 21.3. The number of hydrogen-bond donors (Lipinski definition) is 0. The van der Waals surface area contributed by atoms with E-state index in [4.69, 9.17) is 0 Å². The summed E-state index contributed by atoms with van der Waals surface area (Å²) < 4.78 is 14.7. The molecule has 0 N–H and O–H groups in total. The lowest BCUT2D eigenvalue weighted by atomic mass is 9.77. The Labute approximate surface area is 123 Å². The zero-order chi connectivity index (χ0) is 14.0. The fourth-order valence-corrected chi connectivity index (χ4v) is 3.12. The van der Waals surface area contributed by atoms with E-state index in [-0.39, 0.29) is 5.82 Å². The molecular formula is C15H22BrFN2. The molecule has 1 aliphatic heterocycles. The van der Waals surface area contributed by atoms with Crippen LogP contribution in [0.15, 0.2) is 16.7 Å². The van der Waals surface area contributed by atoms with E-state index in [0.29, 0.717) is 21.6 Å². The molecule has 0 amide bonds. The van der Waals surface area contributed by atoms with Gasteiger partial charge in [0.15, 0.2) is 11.6 Å². The van der Waals surface area contributed by atoms with Crippen LogP contribution in [0.25, 0.3) is 0 Å². The molecule has 1 aromatic heterocycles. The standard InChI is InChI=1S/C15H22BrFN2/c1-15(2,3)11-5-4-7-19(8-6-11)14-13(17)9-12(16)10-18-14/h9-11H,4-8H2,1-3H3. The van der Waals surface area contributed by atoms with Crippen LogP contribution in [0.5, 0.6) is 0 Å². The second-order valence-electron chi connectivity index (χ2n) is 6.44. The SMILES string of the molecule is CC(C)(C)C1CCCN(c2ncc(Br)cc2F)CC1. The Morgan fingerprint density at radius 1 is 1.32 bits per heavy atom. The fraction of sp³-hybridized carbons (Fsp3) is 0.667. The number of pyridine rings is 1. The topological polar surface area (TPSA) is 16.1 Å². The minimum atomic E-state index is -0.233. The molecule has 2 heterocycles. The van der Waals surface area contributed by atoms with Crippen LogP contribution in [-0.4, -0.2) is 18.1 Å². The monoisotopic (exact) mass is 328 g/mol. The average molecular weight is 329 g/mol. The van der Waals surface area contributed by atoms with Crippen molar-refractivity contribution in [2.75, 3.05) is 18.0 Å². The van der Waals surface area contributed by atoms with Crippen LogP contribution >= 0.6 is 15.9 Å². The lowest BCUT2D eigenvalue weighted by Crippen LogP contribution is -2.27. The van der Waals surface area contributed by atoms with E-state index >= 15 is 0 Å². The zero-order valence-electron chi connectivity index (χ0n) is 11.9. The van der Waals surface area contributed by atoms with E-state index in [1.165, 1.54) is 12.5 Å². The third-order valence-electron chi connectivity index (χ3n) is 4.04. The van der Waals surface area contributed by atoms with Gasteiger partial charge in [0.25, 0.3) is 0 Å². The number of hydrogen-bond acceptors (Lipinski definition) is 2. The van der Waals surface area contributed by atoms with Crippen molar-refractivity contribution in [2.45, 2.75) is 40.0 Å². The molecule has 4 heteroatoms. The summed E-state index contributed by atoms with van der Waals surface area (Å²) in [4.78, 5) is 6.33. The first-order valence-corrected chi connectivity index (χ1v) is 7.73. The molecule has 0 bridgehead atoms. The van der Waals surface area contributed by atoms with Crippen LogP contribution < -0.4 is 4.90 Å². The van der Waals surface area contributed by atoms with E-state index < -0.39 is 0 Å². The zero-order valence-corrected chi connectivity index (χ0v) is 13.5. The Morgan fingerprint density at radius 3 is 2.68 bits per heavy atom. The molecule has 0 aliphatic carbocycles. The Kier molecular flexibility index (Phi) is 4.49. The summed E-state index contributed by atoms with van der Waals surface area (Å²) in [6.07, 6.45) is 5.11. The minimum absolute atomic E-state index is 0.233. The van der Waals surface area contributed by atoms with Crippen LogP contribution in [0.3, 0.4) is 0 Å². The molecule has 1 saturated heterocycles. The van der Waals surface area contributed by atoms with Gasteiger partial charge >= 0.3 is 0 Å². The van der Waals surface area contributed by atoms with Gasteiger partial charge in [-0.3, -0.25) is 0 Å². The smallest absolute Gasteiger partial charge is 0.166 e. The summed E-state index contributed by atoms with van der Waals surface area (Å²) in [6, 6.07) is 1.49. The molecular weight excluding hydrogens is 307 g/mol.